The number of rotatable bonds is 5. The van der Waals surface area contributed by atoms with Gasteiger partial charge in [-0.15, -0.1) is 0 Å². The molecule has 0 atom stereocenters. The van der Waals surface area contributed by atoms with E-state index in [0.29, 0.717) is 18.0 Å². The van der Waals surface area contributed by atoms with Gasteiger partial charge in [0.2, 0.25) is 10.0 Å². The number of sulfonamides is 1. The fourth-order valence-corrected chi connectivity index (χ4v) is 3.01. The Bertz CT molecular complexity index is 463. The minimum atomic E-state index is -3.36. The van der Waals surface area contributed by atoms with Crippen molar-refractivity contribution in [3.63, 3.8) is 0 Å². The van der Waals surface area contributed by atoms with Gasteiger partial charge in [-0.25, -0.2) is 8.42 Å². The highest BCUT2D eigenvalue weighted by Crippen LogP contribution is 2.17. The van der Waals surface area contributed by atoms with Gasteiger partial charge in [-0.2, -0.15) is 4.31 Å². The molecule has 96 valence electrons. The van der Waals surface area contributed by atoms with Crippen LogP contribution in [0.2, 0.25) is 0 Å². The van der Waals surface area contributed by atoms with Crippen LogP contribution in [0.15, 0.2) is 23.1 Å². The molecule has 0 fully saturated rings. The lowest BCUT2D eigenvalue weighted by atomic mass is 10.2. The summed E-state index contributed by atoms with van der Waals surface area (Å²) in [5, 5.41) is 2.94. The predicted molar refractivity (Wildman–Crippen MR) is 69.7 cm³/mol. The van der Waals surface area contributed by atoms with Gasteiger partial charge in [0.15, 0.2) is 0 Å². The van der Waals surface area contributed by atoms with Gasteiger partial charge in [-0.05, 0) is 44.2 Å². The van der Waals surface area contributed by atoms with Crippen LogP contribution in [0.25, 0.3) is 0 Å². The SMILES string of the molecule is CNCCN(C)S(=O)(=O)c1cc(C)cc(C)c1. The predicted octanol–water partition coefficient (Wildman–Crippen LogP) is 1.14. The highest BCUT2D eigenvalue weighted by molar-refractivity contribution is 7.89. The van der Waals surface area contributed by atoms with E-state index < -0.39 is 10.0 Å². The number of aryl methyl sites for hydroxylation is 2. The van der Waals surface area contributed by atoms with Crippen molar-refractivity contribution >= 4 is 10.0 Å². The molecule has 0 aliphatic heterocycles. The zero-order chi connectivity index (χ0) is 13.1. The standard InChI is InChI=1S/C12H20N2O2S/c1-10-7-11(2)9-12(8-10)17(15,16)14(4)6-5-13-3/h7-9,13H,5-6H2,1-4H3. The van der Waals surface area contributed by atoms with E-state index in [1.54, 1.807) is 26.2 Å². The highest BCUT2D eigenvalue weighted by atomic mass is 32.2. The molecule has 0 aromatic heterocycles. The first-order valence-corrected chi connectivity index (χ1v) is 7.01. The molecule has 1 aromatic rings. The zero-order valence-corrected chi connectivity index (χ0v) is 11.6. The van der Waals surface area contributed by atoms with Crippen molar-refractivity contribution in [3.05, 3.63) is 29.3 Å². The molecule has 0 aliphatic carbocycles. The molecule has 0 radical (unpaired) electrons. The third-order valence-corrected chi connectivity index (χ3v) is 4.41. The Kier molecular flexibility index (Phi) is 4.68. The van der Waals surface area contributed by atoms with Crippen LogP contribution in [0.3, 0.4) is 0 Å². The van der Waals surface area contributed by atoms with Gasteiger partial charge in [-0.3, -0.25) is 0 Å². The van der Waals surface area contributed by atoms with Crippen LogP contribution in [0.1, 0.15) is 11.1 Å². The second-order valence-corrected chi connectivity index (χ2v) is 6.30. The summed E-state index contributed by atoms with van der Waals surface area (Å²) in [4.78, 5) is 0.369. The summed E-state index contributed by atoms with van der Waals surface area (Å²) < 4.78 is 25.9. The van der Waals surface area contributed by atoms with E-state index in [2.05, 4.69) is 5.32 Å². The summed E-state index contributed by atoms with van der Waals surface area (Å²) in [6.07, 6.45) is 0. The Balaban J connectivity index is 3.04. The Hall–Kier alpha value is -0.910. The molecule has 0 amide bonds. The summed E-state index contributed by atoms with van der Waals surface area (Å²) in [6, 6.07) is 5.38. The summed E-state index contributed by atoms with van der Waals surface area (Å²) in [6.45, 7) is 4.91. The lowest BCUT2D eigenvalue weighted by Gasteiger charge is -2.17. The average molecular weight is 256 g/mol. The molecule has 0 aliphatic rings. The molecule has 1 N–H and O–H groups in total. The first kappa shape index (κ1) is 14.2. The van der Waals surface area contributed by atoms with E-state index in [4.69, 9.17) is 0 Å². The van der Waals surface area contributed by atoms with Gasteiger partial charge in [0, 0.05) is 20.1 Å². The molecule has 1 aromatic carbocycles. The van der Waals surface area contributed by atoms with Crippen LogP contribution in [0, 0.1) is 13.8 Å². The quantitative estimate of drug-likeness (QED) is 0.859. The molecule has 0 saturated heterocycles. The summed E-state index contributed by atoms with van der Waals surface area (Å²) in [5.74, 6) is 0. The van der Waals surface area contributed by atoms with E-state index in [1.165, 1.54) is 4.31 Å². The molecule has 0 spiro atoms. The average Bonchev–Trinajstić information content (AvgIpc) is 2.24. The molecule has 0 heterocycles. The Morgan fingerprint density at radius 3 is 2.18 bits per heavy atom. The van der Waals surface area contributed by atoms with Crippen molar-refractivity contribution in [2.45, 2.75) is 18.7 Å². The van der Waals surface area contributed by atoms with E-state index in [-0.39, 0.29) is 0 Å². The van der Waals surface area contributed by atoms with Crippen LogP contribution in [0.5, 0.6) is 0 Å². The van der Waals surface area contributed by atoms with Crippen molar-refractivity contribution in [2.75, 3.05) is 27.2 Å². The number of benzene rings is 1. The lowest BCUT2D eigenvalue weighted by Crippen LogP contribution is -2.32. The van der Waals surface area contributed by atoms with Crippen LogP contribution < -0.4 is 5.32 Å². The highest BCUT2D eigenvalue weighted by Gasteiger charge is 2.20. The van der Waals surface area contributed by atoms with Crippen LogP contribution >= 0.6 is 0 Å². The molecule has 4 nitrogen and oxygen atoms in total. The maximum Gasteiger partial charge on any atom is 0.242 e. The normalized spacial score (nSPS) is 12.1. The molecule has 0 saturated carbocycles. The van der Waals surface area contributed by atoms with Gasteiger partial charge in [0.05, 0.1) is 4.90 Å². The number of nitrogens with one attached hydrogen (secondary N) is 1. The van der Waals surface area contributed by atoms with Crippen molar-refractivity contribution in [3.8, 4) is 0 Å². The second kappa shape index (κ2) is 5.62. The molecular weight excluding hydrogens is 236 g/mol. The monoisotopic (exact) mass is 256 g/mol. The molecule has 0 unspecified atom stereocenters. The van der Waals surface area contributed by atoms with Crippen LogP contribution in [0.4, 0.5) is 0 Å². The maximum atomic E-state index is 12.2. The van der Waals surface area contributed by atoms with Gasteiger partial charge < -0.3 is 5.32 Å². The summed E-state index contributed by atoms with van der Waals surface area (Å²) in [7, 11) is 0.0415. The van der Waals surface area contributed by atoms with Gasteiger partial charge >= 0.3 is 0 Å². The molecular formula is C12H20N2O2S. The number of nitrogens with zero attached hydrogens (tertiary/aromatic N) is 1. The first-order chi connectivity index (χ1) is 7.87. The van der Waals surface area contributed by atoms with Crippen molar-refractivity contribution in [2.24, 2.45) is 0 Å². The number of hydrogen-bond acceptors (Lipinski definition) is 3. The fourth-order valence-electron chi connectivity index (χ4n) is 1.65. The van der Waals surface area contributed by atoms with Gasteiger partial charge in [-0.1, -0.05) is 6.07 Å². The third-order valence-electron chi connectivity index (χ3n) is 2.58. The summed E-state index contributed by atoms with van der Waals surface area (Å²) in [5.41, 5.74) is 1.93. The number of hydrogen-bond donors (Lipinski definition) is 1. The third kappa shape index (κ3) is 3.52. The number of likely N-dealkylation sites (N-methyl/N-ethyl adjacent to an activating group) is 2. The Morgan fingerprint density at radius 1 is 1.18 bits per heavy atom. The maximum absolute atomic E-state index is 12.2. The Morgan fingerprint density at radius 2 is 1.71 bits per heavy atom. The zero-order valence-electron chi connectivity index (χ0n) is 10.8. The smallest absolute Gasteiger partial charge is 0.242 e. The fraction of sp³-hybridized carbons (Fsp3) is 0.500. The Labute approximate surface area is 104 Å². The van der Waals surface area contributed by atoms with Crippen LogP contribution in [-0.4, -0.2) is 39.9 Å². The van der Waals surface area contributed by atoms with Crippen molar-refractivity contribution in [1.29, 1.82) is 0 Å². The lowest BCUT2D eigenvalue weighted by molar-refractivity contribution is 0.466. The second-order valence-electron chi connectivity index (χ2n) is 4.25. The summed E-state index contributed by atoms with van der Waals surface area (Å²) >= 11 is 0. The molecule has 17 heavy (non-hydrogen) atoms. The van der Waals surface area contributed by atoms with E-state index in [1.807, 2.05) is 19.9 Å². The first-order valence-electron chi connectivity index (χ1n) is 5.57. The molecule has 0 bridgehead atoms. The van der Waals surface area contributed by atoms with E-state index in [9.17, 15) is 8.42 Å². The molecule has 5 heteroatoms. The van der Waals surface area contributed by atoms with E-state index in [0.717, 1.165) is 11.1 Å². The minimum absolute atomic E-state index is 0.369. The van der Waals surface area contributed by atoms with Crippen LogP contribution in [-0.2, 0) is 10.0 Å². The molecule has 1 rings (SSSR count). The largest absolute Gasteiger partial charge is 0.318 e. The van der Waals surface area contributed by atoms with Crippen molar-refractivity contribution < 1.29 is 8.42 Å². The topological polar surface area (TPSA) is 49.4 Å². The van der Waals surface area contributed by atoms with E-state index >= 15 is 0 Å². The van der Waals surface area contributed by atoms with Gasteiger partial charge in [0.25, 0.3) is 0 Å². The minimum Gasteiger partial charge on any atom is -0.318 e. The van der Waals surface area contributed by atoms with Gasteiger partial charge in [0.1, 0.15) is 0 Å². The van der Waals surface area contributed by atoms with Crippen molar-refractivity contribution in [1.82, 2.24) is 9.62 Å².